The monoisotopic (exact) mass is 353 g/mol. The first-order valence-corrected chi connectivity index (χ1v) is 9.39. The second-order valence-corrected chi connectivity index (χ2v) is 8.02. The van der Waals surface area contributed by atoms with Crippen molar-refractivity contribution in [2.45, 2.75) is 65.4 Å². The lowest BCUT2D eigenvalue weighted by Gasteiger charge is -2.21. The molecular weight excluding hydrogens is 322 g/mol. The van der Waals surface area contributed by atoms with Gasteiger partial charge in [0.1, 0.15) is 5.75 Å². The predicted octanol–water partition coefficient (Wildman–Crippen LogP) is 5.90. The molecule has 26 heavy (non-hydrogen) atoms. The molecule has 140 valence electrons. The molecule has 1 amide bonds. The Morgan fingerprint density at radius 2 is 1.65 bits per heavy atom. The van der Waals surface area contributed by atoms with Gasteiger partial charge in [-0.25, -0.2) is 0 Å². The summed E-state index contributed by atoms with van der Waals surface area (Å²) in [4.78, 5) is 12.7. The summed E-state index contributed by atoms with van der Waals surface area (Å²) in [6.07, 6.45) is 0.0900. The van der Waals surface area contributed by atoms with E-state index in [0.717, 1.165) is 17.0 Å². The third kappa shape index (κ3) is 5.10. The molecule has 0 heterocycles. The van der Waals surface area contributed by atoms with Crippen LogP contribution in [0.1, 0.15) is 65.0 Å². The maximum atomic E-state index is 12.7. The van der Waals surface area contributed by atoms with E-state index in [0.29, 0.717) is 12.3 Å². The van der Waals surface area contributed by atoms with Gasteiger partial charge in [-0.2, -0.15) is 0 Å². The molecule has 1 atom stereocenters. The molecule has 2 aromatic carbocycles. The van der Waals surface area contributed by atoms with Gasteiger partial charge in [0, 0.05) is 5.69 Å². The van der Waals surface area contributed by atoms with Gasteiger partial charge in [0.25, 0.3) is 5.91 Å². The summed E-state index contributed by atoms with van der Waals surface area (Å²) in [5, 5.41) is 3.03. The van der Waals surface area contributed by atoms with Crippen molar-refractivity contribution in [1.82, 2.24) is 0 Å². The highest BCUT2D eigenvalue weighted by Gasteiger charge is 2.20. The van der Waals surface area contributed by atoms with Gasteiger partial charge in [0.15, 0.2) is 6.10 Å². The van der Waals surface area contributed by atoms with E-state index in [4.69, 9.17) is 4.74 Å². The van der Waals surface area contributed by atoms with Crippen LogP contribution < -0.4 is 10.1 Å². The van der Waals surface area contributed by atoms with E-state index >= 15 is 0 Å². The van der Waals surface area contributed by atoms with Gasteiger partial charge >= 0.3 is 0 Å². The number of carbonyl (C=O) groups is 1. The Balaban J connectivity index is 2.10. The lowest BCUT2D eigenvalue weighted by Crippen LogP contribution is -2.32. The summed E-state index contributed by atoms with van der Waals surface area (Å²) in [5.74, 6) is 0.954. The molecule has 2 rings (SSSR count). The number of ether oxygens (including phenoxy) is 1. The van der Waals surface area contributed by atoms with Crippen molar-refractivity contribution in [2.24, 2.45) is 0 Å². The quantitative estimate of drug-likeness (QED) is 0.702. The van der Waals surface area contributed by atoms with Gasteiger partial charge in [-0.05, 0) is 47.1 Å². The number of hydrogen-bond acceptors (Lipinski definition) is 2. The molecule has 3 heteroatoms. The molecule has 0 radical (unpaired) electrons. The molecule has 1 N–H and O–H groups in total. The zero-order valence-corrected chi connectivity index (χ0v) is 16.8. The summed E-state index contributed by atoms with van der Waals surface area (Å²) in [6, 6.07) is 15.9. The second-order valence-electron chi connectivity index (χ2n) is 8.02. The van der Waals surface area contributed by atoms with Crippen LogP contribution in [0.2, 0.25) is 0 Å². The summed E-state index contributed by atoms with van der Waals surface area (Å²) < 4.78 is 5.95. The van der Waals surface area contributed by atoms with Gasteiger partial charge in [-0.3, -0.25) is 4.79 Å². The molecular formula is C23H31NO2. The van der Waals surface area contributed by atoms with E-state index in [1.807, 2.05) is 43.3 Å². The normalized spacial score (nSPS) is 12.7. The van der Waals surface area contributed by atoms with Crippen LogP contribution in [0, 0.1) is 0 Å². The summed E-state index contributed by atoms with van der Waals surface area (Å²) in [7, 11) is 0. The standard InChI is InChI=1S/C23H31NO2/c1-7-21(26-18-14-12-17(13-15-18)23(4,5)6)22(25)24-20-11-9-8-10-19(20)16(2)3/h8-16,21H,7H2,1-6H3,(H,24,25)/t21-/m0/s1. The van der Waals surface area contributed by atoms with E-state index in [2.05, 4.69) is 52.1 Å². The molecule has 0 saturated heterocycles. The van der Waals surface area contributed by atoms with Crippen LogP contribution in [0.25, 0.3) is 0 Å². The highest BCUT2D eigenvalue weighted by Crippen LogP contribution is 2.26. The number of carbonyl (C=O) groups excluding carboxylic acids is 1. The minimum atomic E-state index is -0.518. The lowest BCUT2D eigenvalue weighted by atomic mass is 9.87. The average Bonchev–Trinajstić information content (AvgIpc) is 2.59. The van der Waals surface area contributed by atoms with E-state index in [1.165, 1.54) is 5.56 Å². The molecule has 0 bridgehead atoms. The van der Waals surface area contributed by atoms with Crippen LogP contribution in [0.4, 0.5) is 5.69 Å². The van der Waals surface area contributed by atoms with Gasteiger partial charge < -0.3 is 10.1 Å². The van der Waals surface area contributed by atoms with Crippen molar-refractivity contribution in [3.8, 4) is 5.75 Å². The summed E-state index contributed by atoms with van der Waals surface area (Å²) in [6.45, 7) is 12.7. The first kappa shape index (κ1) is 20.0. The van der Waals surface area contributed by atoms with Crippen LogP contribution in [0.5, 0.6) is 5.75 Å². The fraction of sp³-hybridized carbons (Fsp3) is 0.435. The zero-order chi connectivity index (χ0) is 19.3. The van der Waals surface area contributed by atoms with Crippen LogP contribution in [-0.4, -0.2) is 12.0 Å². The summed E-state index contributed by atoms with van der Waals surface area (Å²) in [5.41, 5.74) is 3.33. The van der Waals surface area contributed by atoms with Crippen molar-refractivity contribution in [3.63, 3.8) is 0 Å². The van der Waals surface area contributed by atoms with Crippen molar-refractivity contribution in [1.29, 1.82) is 0 Å². The Kier molecular flexibility index (Phi) is 6.47. The maximum Gasteiger partial charge on any atom is 0.265 e. The average molecular weight is 354 g/mol. The fourth-order valence-electron chi connectivity index (χ4n) is 2.85. The number of para-hydroxylation sites is 1. The van der Waals surface area contributed by atoms with Gasteiger partial charge in [0.2, 0.25) is 0 Å². The second kappa shape index (κ2) is 8.39. The first-order chi connectivity index (χ1) is 12.2. The number of rotatable bonds is 6. The Morgan fingerprint density at radius 3 is 2.19 bits per heavy atom. The molecule has 0 aliphatic rings. The molecule has 0 aliphatic carbocycles. The van der Waals surface area contributed by atoms with E-state index in [-0.39, 0.29) is 11.3 Å². The van der Waals surface area contributed by atoms with Crippen molar-refractivity contribution >= 4 is 11.6 Å². The largest absolute Gasteiger partial charge is 0.481 e. The Hall–Kier alpha value is -2.29. The Morgan fingerprint density at radius 1 is 1.04 bits per heavy atom. The van der Waals surface area contributed by atoms with Crippen LogP contribution >= 0.6 is 0 Å². The molecule has 3 nitrogen and oxygen atoms in total. The van der Waals surface area contributed by atoms with E-state index < -0.39 is 6.10 Å². The number of anilines is 1. The third-order valence-electron chi connectivity index (χ3n) is 4.50. The van der Waals surface area contributed by atoms with Gasteiger partial charge in [0.05, 0.1) is 0 Å². The lowest BCUT2D eigenvalue weighted by molar-refractivity contribution is -0.122. The summed E-state index contributed by atoms with van der Waals surface area (Å²) >= 11 is 0. The SMILES string of the molecule is CC[C@H](Oc1ccc(C(C)(C)C)cc1)C(=O)Nc1ccccc1C(C)C. The molecule has 0 saturated carbocycles. The number of hydrogen-bond donors (Lipinski definition) is 1. The number of amides is 1. The number of benzene rings is 2. The maximum absolute atomic E-state index is 12.7. The molecule has 2 aromatic rings. The van der Waals surface area contributed by atoms with Crippen LogP contribution in [0.3, 0.4) is 0 Å². The fourth-order valence-corrected chi connectivity index (χ4v) is 2.85. The molecule has 0 aromatic heterocycles. The van der Waals surface area contributed by atoms with Gasteiger partial charge in [-0.1, -0.05) is 71.9 Å². The van der Waals surface area contributed by atoms with Crippen molar-refractivity contribution in [2.75, 3.05) is 5.32 Å². The number of nitrogens with one attached hydrogen (secondary N) is 1. The molecule has 0 spiro atoms. The van der Waals surface area contributed by atoms with Crippen molar-refractivity contribution in [3.05, 3.63) is 59.7 Å². The topological polar surface area (TPSA) is 38.3 Å². The Bertz CT molecular complexity index is 727. The molecule has 0 fully saturated rings. The van der Waals surface area contributed by atoms with E-state index in [1.54, 1.807) is 0 Å². The Labute approximate surface area is 157 Å². The highest BCUT2D eigenvalue weighted by atomic mass is 16.5. The minimum absolute atomic E-state index is 0.0978. The third-order valence-corrected chi connectivity index (χ3v) is 4.50. The highest BCUT2D eigenvalue weighted by molar-refractivity contribution is 5.95. The smallest absolute Gasteiger partial charge is 0.265 e. The molecule has 0 aliphatic heterocycles. The van der Waals surface area contributed by atoms with Gasteiger partial charge in [-0.15, -0.1) is 0 Å². The van der Waals surface area contributed by atoms with Crippen LogP contribution in [0.15, 0.2) is 48.5 Å². The molecule has 0 unspecified atom stereocenters. The zero-order valence-electron chi connectivity index (χ0n) is 16.8. The first-order valence-electron chi connectivity index (χ1n) is 9.39. The van der Waals surface area contributed by atoms with Crippen LogP contribution in [-0.2, 0) is 10.2 Å². The van der Waals surface area contributed by atoms with E-state index in [9.17, 15) is 4.79 Å². The predicted molar refractivity (Wildman–Crippen MR) is 109 cm³/mol. The minimum Gasteiger partial charge on any atom is -0.481 e. The van der Waals surface area contributed by atoms with Crippen molar-refractivity contribution < 1.29 is 9.53 Å².